The van der Waals surface area contributed by atoms with Crippen molar-refractivity contribution in [3.8, 4) is 0 Å². The second-order valence-corrected chi connectivity index (χ2v) is 11.8. The van der Waals surface area contributed by atoms with E-state index in [1.807, 2.05) is 0 Å². The highest BCUT2D eigenvalue weighted by molar-refractivity contribution is 7.98. The predicted molar refractivity (Wildman–Crippen MR) is 143 cm³/mol. The van der Waals surface area contributed by atoms with Gasteiger partial charge in [-0.25, -0.2) is 15.0 Å². The lowest BCUT2D eigenvalue weighted by Crippen LogP contribution is -2.33. The van der Waals surface area contributed by atoms with E-state index in [0.29, 0.717) is 12.5 Å². The van der Waals surface area contributed by atoms with Gasteiger partial charge in [0.1, 0.15) is 4.83 Å². The first kappa shape index (κ1) is 24.7. The fraction of sp³-hybridized carbons (Fsp3) is 0.654. The Hall–Kier alpha value is -1.44. The summed E-state index contributed by atoms with van der Waals surface area (Å²) in [6.07, 6.45) is 7.66. The molecular weight excluding hydrogens is 448 g/mol. The molecule has 0 aliphatic carbocycles. The zero-order valence-corrected chi connectivity index (χ0v) is 22.9. The third kappa shape index (κ3) is 4.87. The van der Waals surface area contributed by atoms with Gasteiger partial charge in [-0.05, 0) is 44.4 Å². The molecule has 1 aliphatic heterocycles. The lowest BCUT2D eigenvalue weighted by atomic mass is 9.87. The molecule has 0 bridgehead atoms. The maximum absolute atomic E-state index is 6.23. The van der Waals surface area contributed by atoms with Crippen molar-refractivity contribution in [2.45, 2.75) is 96.9 Å². The predicted octanol–water partition coefficient (Wildman–Crippen LogP) is 7.34. The highest BCUT2D eigenvalue weighted by atomic mass is 32.2. The summed E-state index contributed by atoms with van der Waals surface area (Å²) in [6, 6.07) is 0. The molecule has 0 saturated heterocycles. The molecule has 180 valence electrons. The van der Waals surface area contributed by atoms with Gasteiger partial charge in [-0.1, -0.05) is 52.3 Å². The Morgan fingerprint density at radius 2 is 1.76 bits per heavy atom. The van der Waals surface area contributed by atoms with E-state index in [9.17, 15) is 0 Å². The molecule has 0 fully saturated rings. The second-order valence-electron chi connectivity index (χ2n) is 10.0. The zero-order valence-electron chi connectivity index (χ0n) is 21.2. The van der Waals surface area contributed by atoms with Crippen molar-refractivity contribution in [3.63, 3.8) is 0 Å². The largest absolute Gasteiger partial charge is 0.370 e. The SMILES string of the molecule is CCCCN(CCCC)c1nc(SC)nc2c1sc1nc(C(C)C)c3c(c12)CC(C)(C)OC3. The highest BCUT2D eigenvalue weighted by Crippen LogP contribution is 2.44. The average Bonchev–Trinajstić information content (AvgIpc) is 3.16. The van der Waals surface area contributed by atoms with Gasteiger partial charge in [-0.3, -0.25) is 0 Å². The Morgan fingerprint density at radius 1 is 1.06 bits per heavy atom. The molecule has 4 rings (SSSR count). The van der Waals surface area contributed by atoms with Crippen molar-refractivity contribution in [1.82, 2.24) is 15.0 Å². The van der Waals surface area contributed by atoms with E-state index in [2.05, 4.69) is 52.7 Å². The van der Waals surface area contributed by atoms with E-state index in [1.54, 1.807) is 23.1 Å². The van der Waals surface area contributed by atoms with Crippen LogP contribution in [0, 0.1) is 0 Å². The summed E-state index contributed by atoms with van der Waals surface area (Å²) in [5, 5.41) is 2.08. The normalized spacial score (nSPS) is 15.5. The van der Waals surface area contributed by atoms with Crippen LogP contribution in [0.2, 0.25) is 0 Å². The van der Waals surface area contributed by atoms with Crippen LogP contribution in [0.5, 0.6) is 0 Å². The van der Waals surface area contributed by atoms with E-state index in [4.69, 9.17) is 19.7 Å². The van der Waals surface area contributed by atoms with Crippen LogP contribution < -0.4 is 4.90 Å². The van der Waals surface area contributed by atoms with Crippen LogP contribution in [0.3, 0.4) is 0 Å². The monoisotopic (exact) mass is 486 g/mol. The van der Waals surface area contributed by atoms with Crippen LogP contribution in [0.4, 0.5) is 5.82 Å². The molecule has 0 atom stereocenters. The summed E-state index contributed by atoms with van der Waals surface area (Å²) in [5.41, 5.74) is 4.73. The third-order valence-electron chi connectivity index (χ3n) is 6.48. The third-order valence-corrected chi connectivity index (χ3v) is 8.09. The van der Waals surface area contributed by atoms with Gasteiger partial charge in [-0.2, -0.15) is 0 Å². The molecule has 33 heavy (non-hydrogen) atoms. The lowest BCUT2D eigenvalue weighted by molar-refractivity contribution is -0.0402. The van der Waals surface area contributed by atoms with Gasteiger partial charge in [0.25, 0.3) is 0 Å². The fourth-order valence-electron chi connectivity index (χ4n) is 4.67. The van der Waals surface area contributed by atoms with Gasteiger partial charge in [0.15, 0.2) is 11.0 Å². The van der Waals surface area contributed by atoms with Crippen LogP contribution in [0.1, 0.15) is 90.0 Å². The van der Waals surface area contributed by atoms with Crippen LogP contribution in [0.15, 0.2) is 5.16 Å². The van der Waals surface area contributed by atoms with E-state index in [0.717, 1.165) is 40.8 Å². The Labute approximate surface area is 206 Å². The summed E-state index contributed by atoms with van der Waals surface area (Å²) >= 11 is 3.41. The van der Waals surface area contributed by atoms with Crippen LogP contribution in [0.25, 0.3) is 20.4 Å². The molecule has 0 radical (unpaired) electrons. The van der Waals surface area contributed by atoms with Crippen molar-refractivity contribution in [2.24, 2.45) is 0 Å². The summed E-state index contributed by atoms with van der Waals surface area (Å²) < 4.78 is 7.42. The molecule has 5 nitrogen and oxygen atoms in total. The molecule has 0 N–H and O–H groups in total. The summed E-state index contributed by atoms with van der Waals surface area (Å²) in [4.78, 5) is 18.9. The number of ether oxygens (including phenoxy) is 1. The Morgan fingerprint density at radius 3 is 2.36 bits per heavy atom. The van der Waals surface area contributed by atoms with Crippen LogP contribution >= 0.6 is 23.1 Å². The van der Waals surface area contributed by atoms with Crippen molar-refractivity contribution in [2.75, 3.05) is 24.2 Å². The van der Waals surface area contributed by atoms with Gasteiger partial charge in [-0.15, -0.1) is 11.3 Å². The summed E-state index contributed by atoms with van der Waals surface area (Å²) in [7, 11) is 0. The minimum Gasteiger partial charge on any atom is -0.370 e. The van der Waals surface area contributed by atoms with Crippen LogP contribution in [-0.2, 0) is 17.8 Å². The highest BCUT2D eigenvalue weighted by Gasteiger charge is 2.32. The first-order chi connectivity index (χ1) is 15.8. The minimum atomic E-state index is -0.184. The zero-order chi connectivity index (χ0) is 23.8. The quantitative estimate of drug-likeness (QED) is 0.233. The van der Waals surface area contributed by atoms with E-state index >= 15 is 0 Å². The van der Waals surface area contributed by atoms with Crippen LogP contribution in [-0.4, -0.2) is 39.9 Å². The van der Waals surface area contributed by atoms with E-state index in [-0.39, 0.29) is 5.60 Å². The fourth-order valence-corrected chi connectivity index (χ4v) is 6.20. The Bertz CT molecular complexity index is 1130. The van der Waals surface area contributed by atoms with Gasteiger partial charge >= 0.3 is 0 Å². The van der Waals surface area contributed by atoms with Gasteiger partial charge < -0.3 is 9.64 Å². The number of thioether (sulfide) groups is 1. The molecule has 3 aromatic rings. The number of unbranched alkanes of at least 4 members (excludes halogenated alkanes) is 2. The molecule has 0 aromatic carbocycles. The Balaban J connectivity index is 2.01. The lowest BCUT2D eigenvalue weighted by Gasteiger charge is -2.33. The maximum atomic E-state index is 6.23. The van der Waals surface area contributed by atoms with Gasteiger partial charge in [0.2, 0.25) is 0 Å². The molecular formula is C26H38N4OS2. The smallest absolute Gasteiger partial charge is 0.189 e. The molecule has 4 heterocycles. The van der Waals surface area contributed by atoms with Gasteiger partial charge in [0.05, 0.1) is 28.1 Å². The first-order valence-corrected chi connectivity index (χ1v) is 14.4. The number of aromatic nitrogens is 3. The number of rotatable bonds is 9. The number of hydrogen-bond acceptors (Lipinski definition) is 7. The number of nitrogens with zero attached hydrogens (tertiary/aromatic N) is 4. The number of thiophene rings is 1. The second kappa shape index (κ2) is 10.0. The molecule has 3 aromatic heterocycles. The number of anilines is 1. The molecule has 0 spiro atoms. The van der Waals surface area contributed by atoms with Crippen molar-refractivity contribution in [1.29, 1.82) is 0 Å². The molecule has 0 saturated carbocycles. The summed E-state index contributed by atoms with van der Waals surface area (Å²) in [6.45, 7) is 16.1. The molecule has 1 aliphatic rings. The molecule has 0 amide bonds. The van der Waals surface area contributed by atoms with Crippen molar-refractivity contribution in [3.05, 3.63) is 16.8 Å². The number of hydrogen-bond donors (Lipinski definition) is 0. The minimum absolute atomic E-state index is 0.184. The van der Waals surface area contributed by atoms with Crippen molar-refractivity contribution < 1.29 is 4.74 Å². The average molecular weight is 487 g/mol. The maximum Gasteiger partial charge on any atom is 0.189 e. The molecule has 0 unspecified atom stereocenters. The van der Waals surface area contributed by atoms with E-state index in [1.165, 1.54) is 52.6 Å². The van der Waals surface area contributed by atoms with E-state index < -0.39 is 0 Å². The number of fused-ring (bicyclic) bond motifs is 5. The molecule has 7 heteroatoms. The first-order valence-electron chi connectivity index (χ1n) is 12.4. The topological polar surface area (TPSA) is 51.1 Å². The number of pyridine rings is 1. The standard InChI is InChI=1S/C26H38N4OS2/c1-8-10-12-30(13-11-9-2)23-22-21(28-25(29-23)32-7)19-17-14-26(5,6)31-15-18(17)20(16(3)4)27-24(19)33-22/h16H,8-15H2,1-7H3. The van der Waals surface area contributed by atoms with Gasteiger partial charge in [0, 0.05) is 30.5 Å². The van der Waals surface area contributed by atoms with Crippen molar-refractivity contribution >= 4 is 49.3 Å². The Kier molecular flexibility index (Phi) is 7.51. The summed E-state index contributed by atoms with van der Waals surface area (Å²) in [5.74, 6) is 1.46.